The molecular weight excluding hydrogens is 556 g/mol. The van der Waals surface area contributed by atoms with Gasteiger partial charge in [-0.2, -0.15) is 0 Å². The molecule has 5 aromatic rings. The lowest BCUT2D eigenvalue weighted by atomic mass is 9.97. The second kappa shape index (κ2) is 13.8. The van der Waals surface area contributed by atoms with E-state index in [1.807, 2.05) is 0 Å². The highest BCUT2D eigenvalue weighted by Gasteiger charge is 2.23. The Kier molecular flexibility index (Phi) is 9.87. The van der Waals surface area contributed by atoms with Crippen molar-refractivity contribution in [2.45, 2.75) is 104 Å². The minimum atomic E-state index is -0.304. The third kappa shape index (κ3) is 5.66. The largest absolute Gasteiger partial charge is 0.495 e. The molecule has 234 valence electrons. The van der Waals surface area contributed by atoms with Gasteiger partial charge in [0.2, 0.25) is 0 Å². The van der Waals surface area contributed by atoms with Crippen molar-refractivity contribution in [1.82, 2.24) is 9.13 Å². The summed E-state index contributed by atoms with van der Waals surface area (Å²) in [6, 6.07) is 6.83. The standard InChI is InChI=1S/C36H44N2O6/c1-5-7-9-11-13-15-17-37-33(39)27-19-23-24(20-28(27)34(37)40)32(44-4)26-22-30-29(21-25(26)31(23)43-3)35(41)38(36(30)42)18-16-14-12-10-8-6-2/h19-22H,5-18H2,1-4H3. The molecule has 3 aromatic carbocycles. The van der Waals surface area contributed by atoms with Crippen LogP contribution in [0.2, 0.25) is 0 Å². The molecule has 8 nitrogen and oxygen atoms in total. The van der Waals surface area contributed by atoms with Gasteiger partial charge in [-0.1, -0.05) is 78.1 Å². The van der Waals surface area contributed by atoms with Crippen LogP contribution in [0, 0.1) is 0 Å². The summed E-state index contributed by atoms with van der Waals surface area (Å²) in [5.41, 5.74) is -1.22. The van der Waals surface area contributed by atoms with Gasteiger partial charge >= 0.3 is 0 Å². The number of benzene rings is 3. The second-order valence-corrected chi connectivity index (χ2v) is 12.0. The summed E-state index contributed by atoms with van der Waals surface area (Å²) in [7, 11) is 3.08. The first-order valence-corrected chi connectivity index (χ1v) is 16.3. The summed E-state index contributed by atoms with van der Waals surface area (Å²) in [5.74, 6) is 0.927. The molecule has 0 bridgehead atoms. The van der Waals surface area contributed by atoms with Gasteiger partial charge in [-0.05, 0) is 37.1 Å². The molecule has 0 radical (unpaired) electrons. The summed E-state index contributed by atoms with van der Waals surface area (Å²) in [6.07, 6.45) is 12.7. The number of aromatic nitrogens is 2. The summed E-state index contributed by atoms with van der Waals surface area (Å²) in [4.78, 5) is 53.6. The van der Waals surface area contributed by atoms with Crippen molar-refractivity contribution >= 4 is 43.1 Å². The van der Waals surface area contributed by atoms with E-state index >= 15 is 0 Å². The average molecular weight is 601 g/mol. The van der Waals surface area contributed by atoms with Crippen LogP contribution in [-0.2, 0) is 13.1 Å². The van der Waals surface area contributed by atoms with E-state index in [1.54, 1.807) is 24.3 Å². The first-order chi connectivity index (χ1) is 21.4. The van der Waals surface area contributed by atoms with Gasteiger partial charge in [-0.15, -0.1) is 0 Å². The molecule has 0 saturated carbocycles. The van der Waals surface area contributed by atoms with Crippen LogP contribution >= 0.6 is 0 Å². The Bertz CT molecular complexity index is 1740. The summed E-state index contributed by atoms with van der Waals surface area (Å²) >= 11 is 0. The van der Waals surface area contributed by atoms with Crippen LogP contribution < -0.4 is 31.7 Å². The predicted molar refractivity (Wildman–Crippen MR) is 180 cm³/mol. The molecule has 0 N–H and O–H groups in total. The van der Waals surface area contributed by atoms with Crippen molar-refractivity contribution < 1.29 is 9.47 Å². The van der Waals surface area contributed by atoms with Crippen molar-refractivity contribution in [2.75, 3.05) is 14.2 Å². The van der Waals surface area contributed by atoms with Crippen LogP contribution in [0.4, 0.5) is 0 Å². The lowest BCUT2D eigenvalue weighted by Gasteiger charge is -2.15. The van der Waals surface area contributed by atoms with Gasteiger partial charge in [-0.3, -0.25) is 28.3 Å². The van der Waals surface area contributed by atoms with E-state index in [1.165, 1.54) is 49.0 Å². The topological polar surface area (TPSA) is 96.6 Å². The Morgan fingerprint density at radius 1 is 0.432 bits per heavy atom. The lowest BCUT2D eigenvalue weighted by Crippen LogP contribution is -2.25. The average Bonchev–Trinajstić information content (AvgIpc) is 3.40. The molecular formula is C36H44N2O6. The number of hydrogen-bond donors (Lipinski definition) is 0. The van der Waals surface area contributed by atoms with Crippen molar-refractivity contribution in [1.29, 1.82) is 0 Å². The highest BCUT2D eigenvalue weighted by atomic mass is 16.5. The summed E-state index contributed by atoms with van der Waals surface area (Å²) < 4.78 is 14.5. The van der Waals surface area contributed by atoms with Crippen LogP contribution in [0.15, 0.2) is 43.4 Å². The van der Waals surface area contributed by atoms with E-state index in [0.717, 1.165) is 51.4 Å². The fraction of sp³-hybridized carbons (Fsp3) is 0.500. The van der Waals surface area contributed by atoms with E-state index in [2.05, 4.69) is 13.8 Å². The molecule has 44 heavy (non-hydrogen) atoms. The zero-order valence-electron chi connectivity index (χ0n) is 26.6. The summed E-state index contributed by atoms with van der Waals surface area (Å²) in [6.45, 7) is 5.12. The Labute approximate surface area is 256 Å². The van der Waals surface area contributed by atoms with Gasteiger partial charge in [-0.25, -0.2) is 0 Å². The van der Waals surface area contributed by atoms with E-state index in [0.29, 0.717) is 67.7 Å². The zero-order chi connectivity index (χ0) is 31.4. The third-order valence-electron chi connectivity index (χ3n) is 9.07. The molecule has 2 heterocycles. The quantitative estimate of drug-likeness (QED) is 0.0898. The van der Waals surface area contributed by atoms with Crippen molar-refractivity contribution in [3.05, 3.63) is 65.7 Å². The molecule has 0 unspecified atom stereocenters. The van der Waals surface area contributed by atoms with E-state index < -0.39 is 0 Å². The van der Waals surface area contributed by atoms with Gasteiger partial charge in [0.1, 0.15) is 11.5 Å². The number of fused-ring (bicyclic) bond motifs is 4. The van der Waals surface area contributed by atoms with Crippen molar-refractivity contribution in [2.24, 2.45) is 0 Å². The maximum absolute atomic E-state index is 13.4. The molecule has 2 aromatic heterocycles. The lowest BCUT2D eigenvalue weighted by molar-refractivity contribution is 0.418. The Balaban J connectivity index is 1.61. The number of ether oxygens (including phenoxy) is 2. The van der Waals surface area contributed by atoms with Crippen LogP contribution in [0.3, 0.4) is 0 Å². The van der Waals surface area contributed by atoms with Crippen LogP contribution in [0.1, 0.15) is 90.9 Å². The highest BCUT2D eigenvalue weighted by molar-refractivity contribution is 6.17. The number of unbranched alkanes of at least 4 members (excludes halogenated alkanes) is 10. The van der Waals surface area contributed by atoms with E-state index in [4.69, 9.17) is 9.47 Å². The second-order valence-electron chi connectivity index (χ2n) is 12.0. The normalized spacial score (nSPS) is 11.9. The molecule has 0 amide bonds. The van der Waals surface area contributed by atoms with Gasteiger partial charge < -0.3 is 9.47 Å². The SMILES string of the molecule is CCCCCCCCn1c(=O)c2cc3c(OC)c4cc5c(=O)n(CCCCCCCC)c(=O)c5cc4c(OC)c3cc2c1=O. The fourth-order valence-electron chi connectivity index (χ4n) is 6.66. The van der Waals surface area contributed by atoms with Gasteiger partial charge in [0.25, 0.3) is 22.2 Å². The number of hydrogen-bond acceptors (Lipinski definition) is 6. The molecule has 5 rings (SSSR count). The Hall–Kier alpha value is -3.94. The van der Waals surface area contributed by atoms with Crippen LogP contribution in [0.25, 0.3) is 43.1 Å². The molecule has 8 heteroatoms. The van der Waals surface area contributed by atoms with E-state index in [9.17, 15) is 19.2 Å². The number of methoxy groups -OCH3 is 2. The van der Waals surface area contributed by atoms with Crippen molar-refractivity contribution in [3.8, 4) is 11.5 Å². The molecule has 0 aliphatic carbocycles. The third-order valence-corrected chi connectivity index (χ3v) is 9.07. The van der Waals surface area contributed by atoms with Gasteiger partial charge in [0.15, 0.2) is 0 Å². The Morgan fingerprint density at radius 2 is 0.705 bits per heavy atom. The van der Waals surface area contributed by atoms with Crippen molar-refractivity contribution in [3.63, 3.8) is 0 Å². The summed E-state index contributed by atoms with van der Waals surface area (Å²) in [5, 5.41) is 3.79. The molecule has 0 spiro atoms. The number of nitrogens with zero attached hydrogens (tertiary/aromatic N) is 2. The van der Waals surface area contributed by atoms with E-state index in [-0.39, 0.29) is 22.2 Å². The minimum absolute atomic E-state index is 0.304. The molecule has 0 atom stereocenters. The van der Waals surface area contributed by atoms with Gasteiger partial charge in [0.05, 0.1) is 35.8 Å². The Morgan fingerprint density at radius 3 is 0.977 bits per heavy atom. The smallest absolute Gasteiger partial charge is 0.261 e. The first kappa shape index (κ1) is 31.5. The van der Waals surface area contributed by atoms with Crippen LogP contribution in [0.5, 0.6) is 11.5 Å². The highest BCUT2D eigenvalue weighted by Crippen LogP contribution is 2.44. The molecule has 0 aliphatic heterocycles. The minimum Gasteiger partial charge on any atom is -0.495 e. The molecule has 0 aliphatic rings. The van der Waals surface area contributed by atoms with Gasteiger partial charge in [0, 0.05) is 34.6 Å². The fourth-order valence-corrected chi connectivity index (χ4v) is 6.66. The maximum Gasteiger partial charge on any atom is 0.261 e. The number of rotatable bonds is 16. The molecule has 0 saturated heterocycles. The maximum atomic E-state index is 13.4. The monoisotopic (exact) mass is 600 g/mol. The van der Waals surface area contributed by atoms with Crippen LogP contribution in [-0.4, -0.2) is 23.4 Å². The predicted octanol–water partition coefficient (Wildman–Crippen LogP) is 6.96. The first-order valence-electron chi connectivity index (χ1n) is 16.3. The zero-order valence-corrected chi connectivity index (χ0v) is 26.6. The molecule has 0 fully saturated rings.